The predicted octanol–water partition coefficient (Wildman–Crippen LogP) is 3.08. The Morgan fingerprint density at radius 2 is 2.06 bits per heavy atom. The third kappa shape index (κ3) is 3.71. The van der Waals surface area contributed by atoms with Crippen LogP contribution in [0.2, 0.25) is 5.02 Å². The molecule has 100 valence electrons. The zero-order chi connectivity index (χ0) is 13.0. The Bertz CT molecular complexity index is 384. The first-order chi connectivity index (χ1) is 8.69. The summed E-state index contributed by atoms with van der Waals surface area (Å²) in [6.07, 6.45) is 2.59. The molecule has 1 heterocycles. The van der Waals surface area contributed by atoms with Gasteiger partial charge in [-0.2, -0.15) is 0 Å². The van der Waals surface area contributed by atoms with Crippen LogP contribution in [0, 0.1) is 12.8 Å². The quantitative estimate of drug-likeness (QED) is 0.901. The molecule has 0 aliphatic carbocycles. The standard InChI is InChI=1S/C15H23ClN2/c1-12-3-4-14(15(16)9-12)11-18-7-5-13(6-8-18)10-17-2/h3-4,9,13,17H,5-8,10-11H2,1-2H3. The maximum absolute atomic E-state index is 6.29. The molecule has 0 unspecified atom stereocenters. The molecule has 0 saturated carbocycles. The van der Waals surface area contributed by atoms with E-state index in [-0.39, 0.29) is 0 Å². The van der Waals surface area contributed by atoms with Gasteiger partial charge in [0.05, 0.1) is 0 Å². The minimum absolute atomic E-state index is 0.847. The fraction of sp³-hybridized carbons (Fsp3) is 0.600. The molecule has 18 heavy (non-hydrogen) atoms. The maximum Gasteiger partial charge on any atom is 0.0453 e. The third-order valence-electron chi connectivity index (χ3n) is 3.80. The van der Waals surface area contributed by atoms with Crippen molar-refractivity contribution in [3.63, 3.8) is 0 Å². The van der Waals surface area contributed by atoms with Crippen molar-refractivity contribution >= 4 is 11.6 Å². The molecular formula is C15H23ClN2. The van der Waals surface area contributed by atoms with E-state index in [1.165, 1.54) is 37.1 Å². The summed E-state index contributed by atoms with van der Waals surface area (Å²) in [4.78, 5) is 2.52. The van der Waals surface area contributed by atoms with E-state index >= 15 is 0 Å². The number of halogens is 1. The second-order valence-corrected chi connectivity index (χ2v) is 5.78. The first-order valence-corrected chi connectivity index (χ1v) is 7.19. The fourth-order valence-electron chi connectivity index (χ4n) is 2.66. The van der Waals surface area contributed by atoms with Crippen molar-refractivity contribution in [2.75, 3.05) is 26.7 Å². The lowest BCUT2D eigenvalue weighted by atomic mass is 9.96. The van der Waals surface area contributed by atoms with Crippen LogP contribution in [0.4, 0.5) is 0 Å². The van der Waals surface area contributed by atoms with Crippen molar-refractivity contribution in [3.8, 4) is 0 Å². The summed E-state index contributed by atoms with van der Waals surface area (Å²) in [6.45, 7) is 6.61. The molecule has 0 spiro atoms. The minimum atomic E-state index is 0.847. The number of rotatable bonds is 4. The van der Waals surface area contributed by atoms with E-state index in [0.29, 0.717) is 0 Å². The zero-order valence-electron chi connectivity index (χ0n) is 11.4. The molecule has 1 aromatic rings. The Morgan fingerprint density at radius 1 is 1.33 bits per heavy atom. The van der Waals surface area contributed by atoms with E-state index in [9.17, 15) is 0 Å². The van der Waals surface area contributed by atoms with Gasteiger partial charge in [0.1, 0.15) is 0 Å². The summed E-state index contributed by atoms with van der Waals surface area (Å²) in [5.74, 6) is 0.847. The van der Waals surface area contributed by atoms with Gasteiger partial charge >= 0.3 is 0 Å². The first-order valence-electron chi connectivity index (χ1n) is 6.81. The average molecular weight is 267 g/mol. The van der Waals surface area contributed by atoms with Crippen molar-refractivity contribution < 1.29 is 0 Å². The summed E-state index contributed by atoms with van der Waals surface area (Å²) < 4.78 is 0. The number of hydrogen-bond acceptors (Lipinski definition) is 2. The Morgan fingerprint density at radius 3 is 2.67 bits per heavy atom. The second kappa shape index (κ2) is 6.55. The van der Waals surface area contributed by atoms with Crippen LogP contribution >= 0.6 is 11.6 Å². The average Bonchev–Trinajstić information content (AvgIpc) is 2.35. The maximum atomic E-state index is 6.29. The van der Waals surface area contributed by atoms with Crippen molar-refractivity contribution in [2.45, 2.75) is 26.3 Å². The molecule has 3 heteroatoms. The second-order valence-electron chi connectivity index (χ2n) is 5.37. The third-order valence-corrected chi connectivity index (χ3v) is 4.15. The molecule has 0 aromatic heterocycles. The number of nitrogens with zero attached hydrogens (tertiary/aromatic N) is 1. The fourth-order valence-corrected chi connectivity index (χ4v) is 2.95. The zero-order valence-corrected chi connectivity index (χ0v) is 12.1. The monoisotopic (exact) mass is 266 g/mol. The van der Waals surface area contributed by atoms with E-state index in [2.05, 4.69) is 35.3 Å². The highest BCUT2D eigenvalue weighted by Crippen LogP contribution is 2.22. The van der Waals surface area contributed by atoms with Gasteiger partial charge in [0, 0.05) is 11.6 Å². The van der Waals surface area contributed by atoms with Crippen LogP contribution in [-0.2, 0) is 6.54 Å². The van der Waals surface area contributed by atoms with Crippen LogP contribution < -0.4 is 5.32 Å². The molecule has 2 nitrogen and oxygen atoms in total. The summed E-state index contributed by atoms with van der Waals surface area (Å²) in [5, 5.41) is 4.19. The van der Waals surface area contributed by atoms with Gasteiger partial charge in [0.15, 0.2) is 0 Å². The molecule has 0 bridgehead atoms. The highest BCUT2D eigenvalue weighted by molar-refractivity contribution is 6.31. The summed E-state index contributed by atoms with van der Waals surface area (Å²) in [5.41, 5.74) is 2.49. The van der Waals surface area contributed by atoms with Crippen LogP contribution in [-0.4, -0.2) is 31.6 Å². The molecule has 1 fully saturated rings. The van der Waals surface area contributed by atoms with Crippen molar-refractivity contribution in [2.24, 2.45) is 5.92 Å². The van der Waals surface area contributed by atoms with Gasteiger partial charge in [-0.05, 0) is 69.6 Å². The number of likely N-dealkylation sites (tertiary alicyclic amines) is 1. The van der Waals surface area contributed by atoms with Crippen molar-refractivity contribution in [3.05, 3.63) is 34.3 Å². The highest BCUT2D eigenvalue weighted by Gasteiger charge is 2.19. The molecule has 0 radical (unpaired) electrons. The Balaban J connectivity index is 1.87. The Kier molecular flexibility index (Phi) is 5.04. The van der Waals surface area contributed by atoms with E-state index < -0.39 is 0 Å². The van der Waals surface area contributed by atoms with Gasteiger partial charge in [0.2, 0.25) is 0 Å². The normalized spacial score (nSPS) is 18.2. The molecule has 1 aromatic carbocycles. The topological polar surface area (TPSA) is 15.3 Å². The van der Waals surface area contributed by atoms with Crippen LogP contribution in [0.15, 0.2) is 18.2 Å². The molecule has 0 amide bonds. The Labute approximate surface area is 115 Å². The van der Waals surface area contributed by atoms with Gasteiger partial charge in [-0.25, -0.2) is 0 Å². The molecular weight excluding hydrogens is 244 g/mol. The van der Waals surface area contributed by atoms with Gasteiger partial charge in [-0.15, -0.1) is 0 Å². The van der Waals surface area contributed by atoms with E-state index in [1.54, 1.807) is 0 Å². The van der Waals surface area contributed by atoms with Crippen molar-refractivity contribution in [1.82, 2.24) is 10.2 Å². The number of benzene rings is 1. The van der Waals surface area contributed by atoms with E-state index in [4.69, 9.17) is 11.6 Å². The minimum Gasteiger partial charge on any atom is -0.319 e. The number of aryl methyl sites for hydroxylation is 1. The number of nitrogens with one attached hydrogen (secondary N) is 1. The SMILES string of the molecule is CNCC1CCN(Cc2ccc(C)cc2Cl)CC1. The van der Waals surface area contributed by atoms with Gasteiger partial charge in [-0.3, -0.25) is 4.90 Å². The highest BCUT2D eigenvalue weighted by atomic mass is 35.5. The summed E-state index contributed by atoms with van der Waals surface area (Å²) >= 11 is 6.29. The molecule has 2 rings (SSSR count). The molecule has 1 N–H and O–H groups in total. The van der Waals surface area contributed by atoms with E-state index in [0.717, 1.165) is 24.0 Å². The van der Waals surface area contributed by atoms with Crippen LogP contribution in [0.25, 0.3) is 0 Å². The first kappa shape index (κ1) is 13.9. The van der Waals surface area contributed by atoms with Gasteiger partial charge < -0.3 is 5.32 Å². The van der Waals surface area contributed by atoms with Gasteiger partial charge in [0.25, 0.3) is 0 Å². The van der Waals surface area contributed by atoms with Crippen LogP contribution in [0.5, 0.6) is 0 Å². The molecule has 0 atom stereocenters. The lowest BCUT2D eigenvalue weighted by Gasteiger charge is -2.32. The number of hydrogen-bond donors (Lipinski definition) is 1. The van der Waals surface area contributed by atoms with Crippen LogP contribution in [0.1, 0.15) is 24.0 Å². The lowest BCUT2D eigenvalue weighted by Crippen LogP contribution is -2.36. The molecule has 1 saturated heterocycles. The predicted molar refractivity (Wildman–Crippen MR) is 78.1 cm³/mol. The number of piperidine rings is 1. The summed E-state index contributed by atoms with van der Waals surface area (Å²) in [7, 11) is 2.04. The molecule has 1 aliphatic heterocycles. The molecule has 1 aliphatic rings. The van der Waals surface area contributed by atoms with Gasteiger partial charge in [-0.1, -0.05) is 23.7 Å². The smallest absolute Gasteiger partial charge is 0.0453 e. The van der Waals surface area contributed by atoms with Crippen LogP contribution in [0.3, 0.4) is 0 Å². The Hall–Kier alpha value is -0.570. The van der Waals surface area contributed by atoms with E-state index in [1.807, 2.05) is 7.05 Å². The summed E-state index contributed by atoms with van der Waals surface area (Å²) in [6, 6.07) is 6.37. The largest absolute Gasteiger partial charge is 0.319 e. The lowest BCUT2D eigenvalue weighted by molar-refractivity contribution is 0.177. The van der Waals surface area contributed by atoms with Crippen molar-refractivity contribution in [1.29, 1.82) is 0 Å².